The Labute approximate surface area is 127 Å². The minimum Gasteiger partial charge on any atom is -0.396 e. The van der Waals surface area contributed by atoms with Crippen LogP contribution >= 0.6 is 11.6 Å². The van der Waals surface area contributed by atoms with Crippen molar-refractivity contribution in [2.24, 2.45) is 0 Å². The van der Waals surface area contributed by atoms with Gasteiger partial charge in [0.15, 0.2) is 9.84 Å². The van der Waals surface area contributed by atoms with Crippen LogP contribution in [0, 0.1) is 5.82 Å². The van der Waals surface area contributed by atoms with E-state index in [1.807, 2.05) is 0 Å². The zero-order valence-electron chi connectivity index (χ0n) is 10.8. The normalized spacial score (nSPS) is 22.1. The zero-order chi connectivity index (χ0) is 15.8. The van der Waals surface area contributed by atoms with Gasteiger partial charge >= 0.3 is 0 Å². The number of anilines is 1. The Morgan fingerprint density at radius 1 is 1.38 bits per heavy atom. The first-order valence-electron chi connectivity index (χ1n) is 6.08. The Kier molecular flexibility index (Phi) is 4.48. The van der Waals surface area contributed by atoms with Crippen LogP contribution in [-0.4, -0.2) is 34.4 Å². The molecule has 3 N–H and O–H groups in total. The highest BCUT2D eigenvalue weighted by Crippen LogP contribution is 2.27. The molecular weight excluding hydrogens is 343 g/mol. The lowest BCUT2D eigenvalue weighted by molar-refractivity contribution is 0.517. The Morgan fingerprint density at radius 2 is 2.05 bits per heavy atom. The van der Waals surface area contributed by atoms with Crippen molar-refractivity contribution in [3.63, 3.8) is 0 Å². The molecule has 1 aromatic carbocycles. The summed E-state index contributed by atoms with van der Waals surface area (Å²) in [4.78, 5) is -0.369. The average Bonchev–Trinajstić information content (AvgIpc) is 2.31. The van der Waals surface area contributed by atoms with Gasteiger partial charge in [-0.15, -0.1) is 0 Å². The topological polar surface area (TPSA) is 106 Å². The van der Waals surface area contributed by atoms with E-state index in [4.69, 9.17) is 17.3 Å². The zero-order valence-corrected chi connectivity index (χ0v) is 13.2. The summed E-state index contributed by atoms with van der Waals surface area (Å²) < 4.78 is 63.0. The van der Waals surface area contributed by atoms with Gasteiger partial charge in [0.05, 0.1) is 22.2 Å². The fourth-order valence-electron chi connectivity index (χ4n) is 2.15. The van der Waals surface area contributed by atoms with Gasteiger partial charge in [-0.3, -0.25) is 0 Å². The number of halogens is 2. The monoisotopic (exact) mass is 356 g/mol. The number of hydrogen-bond acceptors (Lipinski definition) is 5. The number of benzene rings is 1. The molecule has 2 rings (SSSR count). The van der Waals surface area contributed by atoms with Gasteiger partial charge < -0.3 is 5.73 Å². The van der Waals surface area contributed by atoms with Gasteiger partial charge in [0, 0.05) is 6.04 Å². The van der Waals surface area contributed by atoms with E-state index in [2.05, 4.69) is 4.72 Å². The molecule has 1 fully saturated rings. The molecule has 0 saturated carbocycles. The molecule has 118 valence electrons. The lowest BCUT2D eigenvalue weighted by Gasteiger charge is -2.23. The maximum absolute atomic E-state index is 13.2. The number of rotatable bonds is 3. The molecule has 1 atom stereocenters. The first kappa shape index (κ1) is 16.5. The fourth-order valence-corrected chi connectivity index (χ4v) is 5.71. The van der Waals surface area contributed by atoms with Gasteiger partial charge in [0.1, 0.15) is 10.7 Å². The van der Waals surface area contributed by atoms with Crippen molar-refractivity contribution in [1.82, 2.24) is 4.72 Å². The van der Waals surface area contributed by atoms with E-state index in [1.165, 1.54) is 0 Å². The Morgan fingerprint density at radius 3 is 2.67 bits per heavy atom. The van der Waals surface area contributed by atoms with Crippen molar-refractivity contribution >= 4 is 37.1 Å². The lowest BCUT2D eigenvalue weighted by atomic mass is 10.2. The minimum atomic E-state index is -4.07. The third-order valence-corrected chi connectivity index (χ3v) is 6.93. The van der Waals surface area contributed by atoms with Gasteiger partial charge in [0.25, 0.3) is 0 Å². The largest absolute Gasteiger partial charge is 0.396 e. The van der Waals surface area contributed by atoms with Gasteiger partial charge in [-0.25, -0.2) is 25.9 Å². The number of nitrogen functional groups attached to an aromatic ring is 1. The number of nitrogens with one attached hydrogen (secondary N) is 1. The molecule has 0 bridgehead atoms. The van der Waals surface area contributed by atoms with E-state index in [-0.39, 0.29) is 27.1 Å². The summed E-state index contributed by atoms with van der Waals surface area (Å²) in [6.07, 6.45) is 0.793. The van der Waals surface area contributed by atoms with Gasteiger partial charge in [-0.1, -0.05) is 11.6 Å². The van der Waals surface area contributed by atoms with Crippen LogP contribution in [0.3, 0.4) is 0 Å². The van der Waals surface area contributed by atoms with Crippen LogP contribution in [0.5, 0.6) is 0 Å². The molecule has 0 aromatic heterocycles. The average molecular weight is 357 g/mol. The van der Waals surface area contributed by atoms with Crippen LogP contribution in [0.4, 0.5) is 10.1 Å². The summed E-state index contributed by atoms with van der Waals surface area (Å²) in [6, 6.07) is 0.997. The van der Waals surface area contributed by atoms with E-state index in [1.54, 1.807) is 0 Å². The maximum atomic E-state index is 13.2. The predicted octanol–water partition coefficient (Wildman–Crippen LogP) is 0.917. The molecule has 0 amide bonds. The van der Waals surface area contributed by atoms with Crippen LogP contribution < -0.4 is 10.5 Å². The molecule has 1 aromatic rings. The molecule has 0 aliphatic carbocycles. The second kappa shape index (κ2) is 5.71. The highest BCUT2D eigenvalue weighted by molar-refractivity contribution is 7.91. The number of nitrogens with two attached hydrogens (primary N) is 1. The summed E-state index contributed by atoms with van der Waals surface area (Å²) in [7, 11) is -7.33. The summed E-state index contributed by atoms with van der Waals surface area (Å²) in [5, 5.41) is -0.312. The van der Waals surface area contributed by atoms with Gasteiger partial charge in [-0.2, -0.15) is 0 Å². The van der Waals surface area contributed by atoms with Crippen LogP contribution in [-0.2, 0) is 19.9 Å². The van der Waals surface area contributed by atoms with E-state index in [0.717, 1.165) is 12.1 Å². The number of sulfonamides is 1. The molecule has 1 heterocycles. The second-order valence-corrected chi connectivity index (χ2v) is 9.20. The molecule has 1 saturated heterocycles. The van der Waals surface area contributed by atoms with Crippen molar-refractivity contribution in [1.29, 1.82) is 0 Å². The minimum absolute atomic E-state index is 0.0511. The maximum Gasteiger partial charge on any atom is 0.242 e. The molecule has 21 heavy (non-hydrogen) atoms. The van der Waals surface area contributed by atoms with Crippen LogP contribution in [0.1, 0.15) is 12.8 Å². The molecule has 1 aliphatic rings. The van der Waals surface area contributed by atoms with Gasteiger partial charge in [0.2, 0.25) is 10.0 Å². The van der Waals surface area contributed by atoms with Crippen LogP contribution in [0.15, 0.2) is 17.0 Å². The molecule has 1 unspecified atom stereocenters. The quantitative estimate of drug-likeness (QED) is 0.783. The summed E-state index contributed by atoms with van der Waals surface area (Å²) in [6.45, 7) is 0. The second-order valence-electron chi connectivity index (χ2n) is 4.88. The molecule has 0 radical (unpaired) electrons. The third-order valence-electron chi connectivity index (χ3n) is 3.13. The number of sulfone groups is 1. The van der Waals surface area contributed by atoms with E-state index < -0.39 is 31.7 Å². The van der Waals surface area contributed by atoms with Crippen molar-refractivity contribution in [2.75, 3.05) is 17.2 Å². The van der Waals surface area contributed by atoms with Gasteiger partial charge in [-0.05, 0) is 25.0 Å². The first-order valence-corrected chi connectivity index (χ1v) is 9.76. The van der Waals surface area contributed by atoms with Crippen molar-refractivity contribution in [2.45, 2.75) is 23.8 Å². The standard InChI is InChI=1S/C11H14ClFN2O4S2/c12-8-4-9(13)10(14)5-11(8)21(18,19)15-7-2-1-3-20(16,17)6-7/h4-5,7,15H,1-3,6,14H2. The SMILES string of the molecule is Nc1cc(S(=O)(=O)NC2CCCS(=O)(=O)C2)c(Cl)cc1F. The van der Waals surface area contributed by atoms with E-state index in [0.29, 0.717) is 12.8 Å². The summed E-state index contributed by atoms with van der Waals surface area (Å²) >= 11 is 5.73. The summed E-state index contributed by atoms with van der Waals surface area (Å²) in [5.74, 6) is -1.03. The lowest BCUT2D eigenvalue weighted by Crippen LogP contribution is -2.43. The molecule has 10 heteroatoms. The van der Waals surface area contributed by atoms with Crippen molar-refractivity contribution in [3.05, 3.63) is 23.0 Å². The van der Waals surface area contributed by atoms with E-state index in [9.17, 15) is 21.2 Å². The van der Waals surface area contributed by atoms with Crippen LogP contribution in [0.25, 0.3) is 0 Å². The summed E-state index contributed by atoms with van der Waals surface area (Å²) in [5.41, 5.74) is 4.99. The Balaban J connectivity index is 2.29. The molecule has 6 nitrogen and oxygen atoms in total. The highest BCUT2D eigenvalue weighted by Gasteiger charge is 2.30. The predicted molar refractivity (Wildman–Crippen MR) is 77.8 cm³/mol. The molecule has 0 spiro atoms. The van der Waals surface area contributed by atoms with Crippen molar-refractivity contribution < 1.29 is 21.2 Å². The van der Waals surface area contributed by atoms with E-state index >= 15 is 0 Å². The number of hydrogen-bond donors (Lipinski definition) is 2. The third kappa shape index (κ3) is 3.85. The smallest absolute Gasteiger partial charge is 0.242 e. The highest BCUT2D eigenvalue weighted by atomic mass is 35.5. The molecule has 1 aliphatic heterocycles. The Bertz CT molecular complexity index is 765. The molecular formula is C11H14ClFN2O4S2. The van der Waals surface area contributed by atoms with Crippen LogP contribution in [0.2, 0.25) is 5.02 Å². The fraction of sp³-hybridized carbons (Fsp3) is 0.455. The van der Waals surface area contributed by atoms with Crippen molar-refractivity contribution in [3.8, 4) is 0 Å². The Hall–Kier alpha value is -0.900. The first-order chi connectivity index (χ1) is 9.61.